The van der Waals surface area contributed by atoms with Gasteiger partial charge >= 0.3 is 6.03 Å². The van der Waals surface area contributed by atoms with Gasteiger partial charge in [-0.15, -0.1) is 0 Å². The highest BCUT2D eigenvalue weighted by atomic mass is 16.5. The number of rotatable bonds is 8. The molecule has 8 heteroatoms. The van der Waals surface area contributed by atoms with Crippen molar-refractivity contribution in [1.82, 2.24) is 10.2 Å². The summed E-state index contributed by atoms with van der Waals surface area (Å²) in [6.45, 7) is 2.03. The fraction of sp³-hybridized carbons (Fsp3) is 0.360. The molecule has 172 valence electrons. The predicted molar refractivity (Wildman–Crippen MR) is 122 cm³/mol. The number of nitrogens with one attached hydrogen (secondary N) is 1. The molecular formula is C25H27N3O5. The number of ketones is 1. The molecule has 8 nitrogen and oxygen atoms in total. The number of aryl methyl sites for hydroxylation is 1. The molecule has 0 saturated carbocycles. The molecule has 2 aromatic rings. The lowest BCUT2D eigenvalue weighted by Crippen LogP contribution is -2.44. The van der Waals surface area contributed by atoms with E-state index in [1.165, 1.54) is 0 Å². The van der Waals surface area contributed by atoms with Crippen molar-refractivity contribution in [2.75, 3.05) is 25.1 Å². The second-order valence-corrected chi connectivity index (χ2v) is 8.62. The van der Waals surface area contributed by atoms with Gasteiger partial charge in [-0.1, -0.05) is 12.1 Å². The second-order valence-electron chi connectivity index (χ2n) is 8.62. The molecule has 4 amide bonds. The van der Waals surface area contributed by atoms with Gasteiger partial charge < -0.3 is 15.0 Å². The van der Waals surface area contributed by atoms with Crippen molar-refractivity contribution < 1.29 is 23.9 Å². The van der Waals surface area contributed by atoms with Crippen LogP contribution in [0.25, 0.3) is 0 Å². The van der Waals surface area contributed by atoms with Gasteiger partial charge in [-0.3, -0.25) is 19.3 Å². The first kappa shape index (κ1) is 22.5. The average molecular weight is 450 g/mol. The Morgan fingerprint density at radius 3 is 2.36 bits per heavy atom. The molecule has 2 saturated heterocycles. The molecule has 1 N–H and O–H groups in total. The maximum absolute atomic E-state index is 13.0. The summed E-state index contributed by atoms with van der Waals surface area (Å²) in [5.41, 5.74) is 1.08. The van der Waals surface area contributed by atoms with Gasteiger partial charge in [0, 0.05) is 24.2 Å². The number of carbonyl (C=O) groups excluding carboxylic acids is 4. The number of Topliss-reactive ketones (excluding diaryl/α,β-unsaturated/α-hetero) is 1. The Kier molecular flexibility index (Phi) is 6.18. The topological polar surface area (TPSA) is 96.0 Å². The summed E-state index contributed by atoms with van der Waals surface area (Å²) in [6, 6.07) is 13.7. The van der Waals surface area contributed by atoms with Crippen LogP contribution in [-0.2, 0) is 16.0 Å². The molecule has 4 rings (SSSR count). The van der Waals surface area contributed by atoms with E-state index < -0.39 is 17.5 Å². The largest absolute Gasteiger partial charge is 0.497 e. The van der Waals surface area contributed by atoms with E-state index in [0.29, 0.717) is 31.4 Å². The van der Waals surface area contributed by atoms with Crippen molar-refractivity contribution >= 4 is 29.3 Å². The van der Waals surface area contributed by atoms with E-state index in [4.69, 9.17) is 4.74 Å². The van der Waals surface area contributed by atoms with Gasteiger partial charge in [-0.25, -0.2) is 4.79 Å². The van der Waals surface area contributed by atoms with Gasteiger partial charge in [0.05, 0.1) is 13.7 Å². The Morgan fingerprint density at radius 1 is 1.06 bits per heavy atom. The average Bonchev–Trinajstić information content (AvgIpc) is 3.34. The summed E-state index contributed by atoms with van der Waals surface area (Å²) in [5, 5.41) is 2.75. The summed E-state index contributed by atoms with van der Waals surface area (Å²) >= 11 is 0. The van der Waals surface area contributed by atoms with E-state index in [-0.39, 0.29) is 18.2 Å². The number of amides is 4. The second kappa shape index (κ2) is 9.05. The maximum Gasteiger partial charge on any atom is 0.325 e. The molecule has 2 fully saturated rings. The molecule has 0 unspecified atom stereocenters. The third-order valence-electron chi connectivity index (χ3n) is 6.29. The number of ether oxygens (including phenoxy) is 1. The van der Waals surface area contributed by atoms with Crippen LogP contribution >= 0.6 is 0 Å². The van der Waals surface area contributed by atoms with Crippen molar-refractivity contribution in [2.45, 2.75) is 38.1 Å². The fourth-order valence-corrected chi connectivity index (χ4v) is 4.23. The lowest BCUT2D eigenvalue weighted by molar-refractivity contribution is -0.130. The zero-order chi connectivity index (χ0) is 23.6. The number of urea groups is 1. The highest BCUT2D eigenvalue weighted by Gasteiger charge is 2.47. The lowest BCUT2D eigenvalue weighted by Gasteiger charge is -2.21. The summed E-state index contributed by atoms with van der Waals surface area (Å²) in [5.74, 6) is 0.0770. The number of benzene rings is 2. The quantitative estimate of drug-likeness (QED) is 0.494. The Balaban J connectivity index is 1.38. The molecule has 33 heavy (non-hydrogen) atoms. The highest BCUT2D eigenvalue weighted by molar-refractivity contribution is 6.11. The smallest absolute Gasteiger partial charge is 0.325 e. The van der Waals surface area contributed by atoms with E-state index in [2.05, 4.69) is 5.32 Å². The molecule has 0 spiro atoms. The van der Waals surface area contributed by atoms with E-state index >= 15 is 0 Å². The normalized spacial score (nSPS) is 20.4. The minimum Gasteiger partial charge on any atom is -0.497 e. The van der Waals surface area contributed by atoms with Gasteiger partial charge in [0.15, 0.2) is 5.78 Å². The molecule has 0 radical (unpaired) electrons. The standard InChI is InChI=1S/C25H27N3O5/c1-25(14-13-17-5-11-20(33-2)12-6-17)23(31)28(24(32)26-25)16-21(29)18-7-9-19(10-8-18)27-15-3-4-22(27)30/h5-12H,3-4,13-16H2,1-2H3,(H,26,32)/t25-/m1/s1. The molecule has 2 heterocycles. The van der Waals surface area contributed by atoms with Crippen LogP contribution in [0.3, 0.4) is 0 Å². The van der Waals surface area contributed by atoms with E-state index in [0.717, 1.165) is 28.3 Å². The first-order chi connectivity index (χ1) is 15.8. The van der Waals surface area contributed by atoms with E-state index in [1.807, 2.05) is 24.3 Å². The number of anilines is 1. The van der Waals surface area contributed by atoms with Gasteiger partial charge in [0.2, 0.25) is 5.91 Å². The van der Waals surface area contributed by atoms with Gasteiger partial charge in [0.25, 0.3) is 5.91 Å². The Morgan fingerprint density at radius 2 is 1.76 bits per heavy atom. The van der Waals surface area contributed by atoms with E-state index in [9.17, 15) is 19.2 Å². The summed E-state index contributed by atoms with van der Waals surface area (Å²) < 4.78 is 5.16. The SMILES string of the molecule is COc1ccc(CC[C@@]2(C)NC(=O)N(CC(=O)c3ccc(N4CCCC4=O)cc3)C2=O)cc1. The van der Waals surface area contributed by atoms with Crippen LogP contribution in [-0.4, -0.2) is 54.3 Å². The molecule has 2 aromatic carbocycles. The van der Waals surface area contributed by atoms with Gasteiger partial charge in [-0.05, 0) is 68.1 Å². The number of imide groups is 1. The number of methoxy groups -OCH3 is 1. The Bertz CT molecular complexity index is 1080. The minimum absolute atomic E-state index is 0.0716. The molecule has 0 bridgehead atoms. The molecule has 1 atom stereocenters. The molecule has 0 aromatic heterocycles. The first-order valence-corrected chi connectivity index (χ1v) is 11.0. The van der Waals surface area contributed by atoms with Crippen LogP contribution in [0.5, 0.6) is 5.75 Å². The predicted octanol–water partition coefficient (Wildman–Crippen LogP) is 2.95. The first-order valence-electron chi connectivity index (χ1n) is 11.0. The number of carbonyl (C=O) groups is 4. The third-order valence-corrected chi connectivity index (χ3v) is 6.29. The van der Waals surface area contributed by atoms with Crippen LogP contribution in [0.2, 0.25) is 0 Å². The van der Waals surface area contributed by atoms with Crippen LogP contribution in [0.1, 0.15) is 42.1 Å². The minimum atomic E-state index is -1.07. The Labute approximate surface area is 192 Å². The maximum atomic E-state index is 13.0. The van der Waals surface area contributed by atoms with Crippen molar-refractivity contribution in [3.05, 3.63) is 59.7 Å². The van der Waals surface area contributed by atoms with Crippen molar-refractivity contribution in [1.29, 1.82) is 0 Å². The fourth-order valence-electron chi connectivity index (χ4n) is 4.23. The van der Waals surface area contributed by atoms with Gasteiger partial charge in [-0.2, -0.15) is 0 Å². The van der Waals surface area contributed by atoms with Gasteiger partial charge in [0.1, 0.15) is 11.3 Å². The van der Waals surface area contributed by atoms with Crippen molar-refractivity contribution in [2.24, 2.45) is 0 Å². The summed E-state index contributed by atoms with van der Waals surface area (Å²) in [4.78, 5) is 52.9. The molecular weight excluding hydrogens is 422 g/mol. The number of nitrogens with zero attached hydrogens (tertiary/aromatic N) is 2. The van der Waals surface area contributed by atoms with Crippen molar-refractivity contribution in [3.63, 3.8) is 0 Å². The van der Waals surface area contributed by atoms with Crippen LogP contribution in [0.15, 0.2) is 48.5 Å². The lowest BCUT2D eigenvalue weighted by atomic mass is 9.93. The summed E-state index contributed by atoms with van der Waals surface area (Å²) in [7, 11) is 1.60. The highest BCUT2D eigenvalue weighted by Crippen LogP contribution is 2.25. The zero-order valence-electron chi connectivity index (χ0n) is 18.8. The molecule has 2 aliphatic heterocycles. The zero-order valence-corrected chi connectivity index (χ0v) is 18.8. The molecule has 0 aliphatic carbocycles. The van der Waals surface area contributed by atoms with Crippen LogP contribution < -0.4 is 15.0 Å². The monoisotopic (exact) mass is 449 g/mol. The van der Waals surface area contributed by atoms with Crippen molar-refractivity contribution in [3.8, 4) is 5.75 Å². The van der Waals surface area contributed by atoms with Crippen LogP contribution in [0, 0.1) is 0 Å². The Hall–Kier alpha value is -3.68. The third kappa shape index (κ3) is 4.60. The summed E-state index contributed by atoms with van der Waals surface area (Å²) in [6.07, 6.45) is 2.35. The number of hydrogen-bond acceptors (Lipinski definition) is 5. The van der Waals surface area contributed by atoms with E-state index in [1.54, 1.807) is 43.2 Å². The van der Waals surface area contributed by atoms with Crippen LogP contribution in [0.4, 0.5) is 10.5 Å². The molecule has 2 aliphatic rings. The number of hydrogen-bond donors (Lipinski definition) is 1.